The Bertz CT molecular complexity index is 3440. The van der Waals surface area contributed by atoms with Gasteiger partial charge in [-0.25, -0.2) is 0 Å². The Hall–Kier alpha value is -10.2. The Morgan fingerprint density at radius 2 is 0.661 bits per heavy atom. The van der Waals surface area contributed by atoms with Crippen molar-refractivity contribution in [2.24, 2.45) is 17.2 Å². The van der Waals surface area contributed by atoms with Crippen LogP contribution in [0.5, 0.6) is 0 Å². The number of nitrogens with one attached hydrogen (secondary N) is 12. The Morgan fingerprint density at radius 3 is 1.00 bits per heavy atom. The van der Waals surface area contributed by atoms with Crippen LogP contribution in [0.4, 0.5) is 0 Å². The van der Waals surface area contributed by atoms with Gasteiger partial charge in [0.25, 0.3) is 11.8 Å². The molecule has 0 aliphatic carbocycles. The van der Waals surface area contributed by atoms with Crippen molar-refractivity contribution in [2.75, 3.05) is 83.7 Å². The first kappa shape index (κ1) is 99.0. The average molecular weight is 1670 g/mol. The summed E-state index contributed by atoms with van der Waals surface area (Å²) in [5.41, 5.74) is 16.9. The molecule has 3 rings (SSSR count). The maximum Gasteiger partial charge on any atom is 0.253 e. The summed E-state index contributed by atoms with van der Waals surface area (Å²) in [5, 5.41) is 56.0. The number of hydrogen-bond acceptors (Lipinski definition) is 26. The highest BCUT2D eigenvalue weighted by atomic mass is 32.2. The van der Waals surface area contributed by atoms with E-state index in [1.807, 2.05) is 0 Å². The van der Waals surface area contributed by atoms with Crippen LogP contribution in [-0.2, 0) is 101 Å². The highest BCUT2D eigenvalue weighted by molar-refractivity contribution is 8.01. The van der Waals surface area contributed by atoms with Crippen LogP contribution in [-0.4, -0.2) is 291 Å². The summed E-state index contributed by atoms with van der Waals surface area (Å²) in [6, 6.07) is -9.05. The number of thioether (sulfide) groups is 2. The summed E-state index contributed by atoms with van der Waals surface area (Å²) in [6.45, 7) is 1.37. The predicted molar refractivity (Wildman–Crippen MR) is 411 cm³/mol. The van der Waals surface area contributed by atoms with E-state index >= 15 is 0 Å². The monoisotopic (exact) mass is 1660 g/mol. The zero-order valence-corrected chi connectivity index (χ0v) is 66.5. The van der Waals surface area contributed by atoms with Crippen LogP contribution in [0.25, 0.3) is 0 Å². The van der Waals surface area contributed by atoms with Gasteiger partial charge in [-0.3, -0.25) is 115 Å². The van der Waals surface area contributed by atoms with Crippen molar-refractivity contribution in [2.45, 2.75) is 221 Å². The molecule has 0 aromatic rings. The summed E-state index contributed by atoms with van der Waals surface area (Å²) in [7, 11) is 0. The Labute approximate surface area is 672 Å². The van der Waals surface area contributed by atoms with Crippen molar-refractivity contribution in [3.8, 4) is 0 Å². The summed E-state index contributed by atoms with van der Waals surface area (Å²) >= 11 is 1.62. The van der Waals surface area contributed by atoms with E-state index in [0.717, 1.165) is 57.3 Å². The van der Waals surface area contributed by atoms with Gasteiger partial charge in [-0.1, -0.05) is 6.92 Å². The number of aliphatic hydroxyl groups excluding tert-OH is 3. The number of imide groups is 3. The average Bonchev–Trinajstić information content (AvgIpc) is 1.69. The van der Waals surface area contributed by atoms with Gasteiger partial charge in [0, 0.05) is 141 Å². The van der Waals surface area contributed by atoms with E-state index in [0.29, 0.717) is 45.1 Å². The second kappa shape index (κ2) is 54.5. The molecule has 9 unspecified atom stereocenters. The summed E-state index contributed by atoms with van der Waals surface area (Å²) in [6.07, 6.45) is 3.39. The van der Waals surface area contributed by atoms with Gasteiger partial charge < -0.3 is 96.3 Å². The van der Waals surface area contributed by atoms with Crippen LogP contribution in [0.2, 0.25) is 0 Å². The molecule has 0 radical (unpaired) electrons. The smallest absolute Gasteiger partial charge is 0.253 e. The molecule has 3 heterocycles. The van der Waals surface area contributed by atoms with Gasteiger partial charge in [0.05, 0.1) is 30.3 Å². The lowest BCUT2D eigenvalue weighted by molar-refractivity contribution is -0.140. The van der Waals surface area contributed by atoms with Crippen LogP contribution in [0.3, 0.4) is 0 Å². The number of unbranched alkanes of at least 4 members (excludes halogenated alkanes) is 5. The predicted octanol–water partition coefficient (Wildman–Crippen LogP) is -7.34. The summed E-state index contributed by atoms with van der Waals surface area (Å²) < 4.78 is 0. The molecule has 2 fully saturated rings. The molecule has 0 aromatic carbocycles. The first-order valence-corrected chi connectivity index (χ1v) is 40.4. The number of nitrogens with two attached hydrogens (primary N) is 3. The number of likely N-dealkylation sites (tertiary alicyclic amines) is 2. The molecule has 0 saturated carbocycles. The van der Waals surface area contributed by atoms with Gasteiger partial charge in [0.1, 0.15) is 42.3 Å². The number of aliphatic hydroxyl groups is 3. The highest BCUT2D eigenvalue weighted by Crippen LogP contribution is 2.28. The van der Waals surface area contributed by atoms with Crippen molar-refractivity contribution in [1.82, 2.24) is 78.5 Å². The van der Waals surface area contributed by atoms with Crippen molar-refractivity contribution >= 4 is 148 Å². The lowest BCUT2D eigenvalue weighted by atomic mass is 10.1. The lowest BCUT2D eigenvalue weighted by Gasteiger charge is -2.25. The minimum absolute atomic E-state index is 0.0155. The largest absolute Gasteiger partial charge is 0.396 e. The van der Waals surface area contributed by atoms with Gasteiger partial charge in [0.2, 0.25) is 112 Å². The zero-order valence-electron chi connectivity index (χ0n) is 64.8. The fourth-order valence-electron chi connectivity index (χ4n) is 11.7. The molecule has 0 spiro atoms. The normalized spacial score (nSPS) is 16.3. The minimum atomic E-state index is -1.54. The van der Waals surface area contributed by atoms with E-state index in [9.17, 15) is 111 Å². The number of carbonyl (C=O) groups excluding carboxylic acids is 21. The maximum absolute atomic E-state index is 14.2. The minimum Gasteiger partial charge on any atom is -0.396 e. The third-order valence-corrected chi connectivity index (χ3v) is 20.7. The van der Waals surface area contributed by atoms with E-state index in [-0.39, 0.29) is 191 Å². The van der Waals surface area contributed by atoms with E-state index in [4.69, 9.17) is 22.3 Å². The molecule has 0 bridgehead atoms. The molecule has 9 atom stereocenters. The Kier molecular flexibility index (Phi) is 47.0. The van der Waals surface area contributed by atoms with Crippen LogP contribution in [0, 0.1) is 0 Å². The van der Waals surface area contributed by atoms with Crippen LogP contribution in [0.1, 0.15) is 168 Å². The molecular weight excluding hydrogens is 1550 g/mol. The third kappa shape index (κ3) is 38.7. The van der Waals surface area contributed by atoms with E-state index in [1.54, 1.807) is 6.92 Å². The van der Waals surface area contributed by atoms with Crippen molar-refractivity contribution in [3.63, 3.8) is 0 Å². The van der Waals surface area contributed by atoms with Gasteiger partial charge in [-0.2, -0.15) is 0 Å². The number of carbonyl (C=O) groups is 21. The molecule has 3 aliphatic rings. The van der Waals surface area contributed by atoms with Gasteiger partial charge >= 0.3 is 0 Å². The second-order valence-electron chi connectivity index (χ2n) is 27.2. The number of nitrogens with zero attached hydrogens (tertiary/aromatic N) is 3. The first-order chi connectivity index (χ1) is 54.7. The van der Waals surface area contributed by atoms with Crippen LogP contribution in [0.15, 0.2) is 12.2 Å². The van der Waals surface area contributed by atoms with Crippen molar-refractivity contribution in [1.29, 1.82) is 0 Å². The van der Waals surface area contributed by atoms with Crippen LogP contribution < -0.4 is 81.0 Å². The van der Waals surface area contributed by atoms with E-state index < -0.39 is 178 Å². The molecular formula is C71H112N18O24S2. The lowest BCUT2D eigenvalue weighted by Crippen LogP contribution is -2.57. The number of rotatable bonds is 61. The molecule has 44 heteroatoms. The third-order valence-electron chi connectivity index (χ3n) is 18.1. The first-order valence-electron chi connectivity index (χ1n) is 38.3. The van der Waals surface area contributed by atoms with Crippen LogP contribution >= 0.6 is 23.5 Å². The molecule has 2 saturated heterocycles. The van der Waals surface area contributed by atoms with Gasteiger partial charge in [-0.15, -0.1) is 23.5 Å². The summed E-state index contributed by atoms with van der Waals surface area (Å²) in [4.78, 5) is 272. The van der Waals surface area contributed by atoms with E-state index in [2.05, 4.69) is 63.8 Å². The second-order valence-corrected chi connectivity index (χ2v) is 29.7. The molecule has 21 N–H and O–H groups in total. The standard InChI is InChI=1S/C71H112N18O24S2/c1-3-52(94)75-27-11-6-16-45(81-57(99)25-36-91)66(108)83-43(63(72)105)14-4-9-28-77-54(96)22-33-88-61(103)38-50(70(88)112)114-40-48(65(74)107)86-68(110)47(18-8-13-30-76-53(95)21-32-87-59(101)19-20-60(87)102)85-69(111)49(80-42(2)93)41-115-51-39-62(104)89(71(51)113)34-23-55(97)78-29-10-5-15-44(64(73)106)84-67(109)46(82-58(100)26-37-92)17-7-12-31-79-56(98)24-35-90/h19-20,43-51,90-92H,3-18,21-41H2,1-2H3,(H2,72,105)(H2,73,106)(H2,74,107)(H,75,94)(H,76,95)(H,77,96)(H,78,97)(H,79,98)(H,80,93)(H,81,99)(H,82,100)(H,83,108)(H,84,109)(H,85,111)(H,86,110). The molecule has 3 aliphatic heterocycles. The number of hydrogen-bond donors (Lipinski definition) is 18. The van der Waals surface area contributed by atoms with E-state index in [1.165, 1.54) is 0 Å². The zero-order chi connectivity index (χ0) is 85.5. The topological polar surface area (TPSA) is 651 Å². The Balaban J connectivity index is 1.59. The Morgan fingerprint density at radius 1 is 0.374 bits per heavy atom. The molecule has 642 valence electrons. The fraction of sp³-hybridized carbons (Fsp3) is 0.676. The highest BCUT2D eigenvalue weighted by Gasteiger charge is 2.42. The number of primary amides is 3. The van der Waals surface area contributed by atoms with Crippen molar-refractivity contribution < 1.29 is 116 Å². The fourth-order valence-corrected chi connectivity index (χ4v) is 14.1. The molecule has 0 aromatic heterocycles. The molecule has 115 heavy (non-hydrogen) atoms. The SMILES string of the molecule is CCC(=O)NCCCCC(NC(=O)CCO)C(=O)NC(CCCCNC(=O)CCN1C(=O)CC(SCC(NC(=O)C(CCCCNC(=O)CCN2C(=O)C=CC2=O)NC(=O)C(CSC2CC(=O)N(CCC(=O)NCCCCC(NC(=O)C(CCCCNC(=O)CCO)NC(=O)CCO)C(N)=O)C2=O)NC(C)=O)C(N)=O)C1=O)C(N)=O. The maximum atomic E-state index is 14.2. The summed E-state index contributed by atoms with van der Waals surface area (Å²) in [5.74, 6) is -14.9. The quantitative estimate of drug-likeness (QED) is 0.0199. The van der Waals surface area contributed by atoms with Gasteiger partial charge in [0.15, 0.2) is 0 Å². The van der Waals surface area contributed by atoms with Gasteiger partial charge in [-0.05, 0) is 96.3 Å². The number of amides is 21. The van der Waals surface area contributed by atoms with Crippen molar-refractivity contribution in [3.05, 3.63) is 12.2 Å². The molecule has 42 nitrogen and oxygen atoms in total. The molecule has 21 amide bonds.